The van der Waals surface area contributed by atoms with Crippen LogP contribution in [-0.2, 0) is 45.9 Å². The molecule has 2 aromatic rings. The van der Waals surface area contributed by atoms with Crippen molar-refractivity contribution < 1.29 is 0 Å². The zero-order valence-corrected chi connectivity index (χ0v) is 29.0. The molecular weight excluding hydrogens is 505 g/mol. The van der Waals surface area contributed by atoms with E-state index in [0.29, 0.717) is 0 Å². The van der Waals surface area contributed by atoms with Gasteiger partial charge >= 0.3 is 0 Å². The highest BCUT2D eigenvalue weighted by molar-refractivity contribution is 7.98. The van der Waals surface area contributed by atoms with Gasteiger partial charge in [0.1, 0.15) is 0 Å². The second-order valence-corrected chi connectivity index (χ2v) is 28.4. The Hall–Kier alpha value is -0.426. The van der Waals surface area contributed by atoms with Crippen LogP contribution in [0.15, 0.2) is 24.3 Å². The Labute approximate surface area is 234 Å². The van der Waals surface area contributed by atoms with E-state index < -0.39 is 16.1 Å². The van der Waals surface area contributed by atoms with Crippen LogP contribution in [0.3, 0.4) is 0 Å². The number of fused-ring (bicyclic) bond motifs is 4. The fraction of sp³-hybridized carbons (Fsp3) is 0.625. The van der Waals surface area contributed by atoms with Crippen molar-refractivity contribution in [2.45, 2.75) is 127 Å². The van der Waals surface area contributed by atoms with Crippen molar-refractivity contribution in [3.8, 4) is 0 Å². The molecule has 0 N–H and O–H groups in total. The summed E-state index contributed by atoms with van der Waals surface area (Å²) >= 11 is 4.31. The maximum atomic E-state index is 2.57. The van der Waals surface area contributed by atoms with E-state index in [1.807, 2.05) is 0 Å². The van der Waals surface area contributed by atoms with Crippen LogP contribution >= 0.6 is 23.5 Å². The van der Waals surface area contributed by atoms with Crippen LogP contribution in [0.1, 0.15) is 86.1 Å². The van der Waals surface area contributed by atoms with Crippen LogP contribution in [0.4, 0.5) is 0 Å². The van der Waals surface area contributed by atoms with Crippen molar-refractivity contribution in [2.75, 3.05) is 0 Å². The van der Waals surface area contributed by atoms with Crippen molar-refractivity contribution >= 4 is 39.7 Å². The molecule has 0 aromatic heterocycles. The summed E-state index contributed by atoms with van der Waals surface area (Å²) in [5.41, 5.74) is 13.2. The first-order valence-electron chi connectivity index (χ1n) is 13.8. The van der Waals surface area contributed by atoms with Gasteiger partial charge in [-0.1, -0.05) is 105 Å². The monoisotopic (exact) mass is 556 g/mol. The highest BCUT2D eigenvalue weighted by Crippen LogP contribution is 2.38. The van der Waals surface area contributed by atoms with Crippen LogP contribution in [-0.4, -0.2) is 16.1 Å². The molecule has 0 saturated heterocycles. The van der Waals surface area contributed by atoms with Gasteiger partial charge in [0.2, 0.25) is 0 Å². The van der Waals surface area contributed by atoms with Gasteiger partial charge < -0.3 is 0 Å². The van der Waals surface area contributed by atoms with Crippen molar-refractivity contribution in [3.05, 3.63) is 68.8 Å². The number of benzene rings is 2. The average Bonchev–Trinajstić information content (AvgIpc) is 2.67. The van der Waals surface area contributed by atoms with Gasteiger partial charge in [-0.05, 0) is 67.4 Å². The molecule has 0 nitrogen and oxygen atoms in total. The van der Waals surface area contributed by atoms with Crippen LogP contribution in [0.2, 0.25) is 39.3 Å². The minimum Gasteiger partial charge on any atom is -0.152 e. The summed E-state index contributed by atoms with van der Waals surface area (Å²) in [4.78, 5) is 0. The quantitative estimate of drug-likeness (QED) is 0.343. The molecule has 2 aromatic carbocycles. The molecule has 0 unspecified atom stereocenters. The molecule has 36 heavy (non-hydrogen) atoms. The lowest BCUT2D eigenvalue weighted by molar-refractivity contribution is 0.588. The highest BCUT2D eigenvalue weighted by atomic mass is 32.2. The van der Waals surface area contributed by atoms with Crippen LogP contribution < -0.4 is 0 Å². The molecule has 1 aliphatic heterocycles. The fourth-order valence-corrected chi connectivity index (χ4v) is 10.2. The second-order valence-electron chi connectivity index (χ2n) is 15.5. The van der Waals surface area contributed by atoms with E-state index in [1.165, 1.54) is 23.2 Å². The first-order valence-corrected chi connectivity index (χ1v) is 23.5. The van der Waals surface area contributed by atoms with Gasteiger partial charge in [0.25, 0.3) is 0 Å². The molecule has 4 bridgehead atoms. The third-order valence-electron chi connectivity index (χ3n) is 7.05. The van der Waals surface area contributed by atoms with Gasteiger partial charge in [-0.15, -0.1) is 0 Å². The number of rotatable bonds is 4. The van der Waals surface area contributed by atoms with Gasteiger partial charge in [0, 0.05) is 39.2 Å². The molecule has 0 radical (unpaired) electrons. The normalized spacial score (nSPS) is 15.9. The summed E-state index contributed by atoms with van der Waals surface area (Å²) in [6.07, 6.45) is 0. The van der Waals surface area contributed by atoms with Gasteiger partial charge in [-0.25, -0.2) is 0 Å². The molecule has 0 spiro atoms. The largest absolute Gasteiger partial charge is 0.152 e. The van der Waals surface area contributed by atoms with Crippen molar-refractivity contribution in [2.24, 2.45) is 0 Å². The third-order valence-corrected chi connectivity index (χ3v) is 11.9. The summed E-state index contributed by atoms with van der Waals surface area (Å²) in [6, 6.07) is 12.9. The first-order chi connectivity index (χ1) is 16.3. The zero-order valence-electron chi connectivity index (χ0n) is 25.4. The number of hydrogen-bond donors (Lipinski definition) is 0. The van der Waals surface area contributed by atoms with E-state index in [9.17, 15) is 0 Å². The molecular formula is C32H52S2Si2. The average molecular weight is 557 g/mol. The van der Waals surface area contributed by atoms with E-state index in [4.69, 9.17) is 0 Å². The topological polar surface area (TPSA) is 0 Å². The molecule has 1 aliphatic rings. The van der Waals surface area contributed by atoms with Crippen LogP contribution in [0.5, 0.6) is 0 Å². The van der Waals surface area contributed by atoms with E-state index in [0.717, 1.165) is 23.0 Å². The highest BCUT2D eigenvalue weighted by Gasteiger charge is 2.26. The lowest BCUT2D eigenvalue weighted by Gasteiger charge is -2.29. The summed E-state index contributed by atoms with van der Waals surface area (Å²) < 4.78 is 0. The fourth-order valence-electron chi connectivity index (χ4n) is 5.03. The van der Waals surface area contributed by atoms with Crippen LogP contribution in [0, 0.1) is 0 Å². The Kier molecular flexibility index (Phi) is 9.19. The Morgan fingerprint density at radius 2 is 0.778 bits per heavy atom. The van der Waals surface area contributed by atoms with E-state index in [2.05, 4.69) is 129 Å². The molecule has 0 atom stereocenters. The summed E-state index contributed by atoms with van der Waals surface area (Å²) in [5, 5.41) is 0. The zero-order chi connectivity index (χ0) is 27.1. The predicted molar refractivity (Wildman–Crippen MR) is 174 cm³/mol. The van der Waals surface area contributed by atoms with Crippen molar-refractivity contribution in [1.29, 1.82) is 0 Å². The minimum absolute atomic E-state index is 0.185. The summed E-state index contributed by atoms with van der Waals surface area (Å²) in [6.45, 7) is 29.4. The Morgan fingerprint density at radius 3 is 0.972 bits per heavy atom. The molecule has 4 heteroatoms. The number of thioether (sulfide) groups is 2. The SMILES string of the molecule is CC(C)(C)c1cc2c(C[Si](C)(C)C)c(c1)CSCc1cc(C(C)(C)C)cc(c1C[Si](C)(C)C)CSC2. The van der Waals surface area contributed by atoms with E-state index in [1.54, 1.807) is 33.4 Å². The standard InChI is InChI=1S/C32H52S2Si2/c1-31(2,3)27-13-23-17-33-19-25-15-28(32(4,5)6)16-26(30(25)22-36(10,11)12)20-34-18-24(14-27)29(23)21-35(7,8)9/h13-16H,17-22H2,1-12H3. The Balaban J connectivity index is 2.13. The first kappa shape index (κ1) is 30.1. The second kappa shape index (κ2) is 11.0. The van der Waals surface area contributed by atoms with Crippen molar-refractivity contribution in [3.63, 3.8) is 0 Å². The molecule has 0 aliphatic carbocycles. The van der Waals surface area contributed by atoms with Crippen molar-refractivity contribution in [1.82, 2.24) is 0 Å². The molecule has 0 saturated carbocycles. The number of hydrogen-bond acceptors (Lipinski definition) is 2. The van der Waals surface area contributed by atoms with Gasteiger partial charge in [0.05, 0.1) is 0 Å². The summed E-state index contributed by atoms with van der Waals surface area (Å²) in [5.74, 6) is 4.51. The van der Waals surface area contributed by atoms with E-state index >= 15 is 0 Å². The van der Waals surface area contributed by atoms with E-state index in [-0.39, 0.29) is 10.8 Å². The third kappa shape index (κ3) is 8.28. The Morgan fingerprint density at radius 1 is 0.528 bits per heavy atom. The lowest BCUT2D eigenvalue weighted by Crippen LogP contribution is -2.26. The maximum absolute atomic E-state index is 2.57. The Bertz CT molecular complexity index is 936. The molecule has 3 rings (SSSR count). The lowest BCUT2D eigenvalue weighted by atomic mass is 9.84. The predicted octanol–water partition coefficient (Wildman–Crippen LogP) is 10.3. The van der Waals surface area contributed by atoms with Gasteiger partial charge in [-0.3, -0.25) is 0 Å². The maximum Gasteiger partial charge on any atom is 0.0487 e. The van der Waals surface area contributed by atoms with Crippen LogP contribution in [0.25, 0.3) is 0 Å². The molecule has 0 amide bonds. The smallest absolute Gasteiger partial charge is 0.0487 e. The molecule has 200 valence electrons. The summed E-state index contributed by atoms with van der Waals surface area (Å²) in [7, 11) is -2.46. The molecule has 1 heterocycles. The molecule has 0 fully saturated rings. The van der Waals surface area contributed by atoms with Gasteiger partial charge in [-0.2, -0.15) is 23.5 Å². The minimum atomic E-state index is -1.23. The van der Waals surface area contributed by atoms with Gasteiger partial charge in [0.15, 0.2) is 0 Å².